The molecule has 1 aliphatic carbocycles. The summed E-state index contributed by atoms with van der Waals surface area (Å²) in [6.45, 7) is 0.951. The van der Waals surface area contributed by atoms with Crippen LogP contribution in [0.2, 0.25) is 0 Å². The monoisotopic (exact) mass is 277 g/mol. The second-order valence-electron chi connectivity index (χ2n) is 5.28. The van der Waals surface area contributed by atoms with Crippen LogP contribution in [0.1, 0.15) is 28.7 Å². The molecule has 0 heterocycles. The van der Waals surface area contributed by atoms with Crippen molar-refractivity contribution in [3.63, 3.8) is 0 Å². The Labute approximate surface area is 125 Å². The molecule has 2 N–H and O–H groups in total. The van der Waals surface area contributed by atoms with Crippen molar-refractivity contribution in [1.82, 2.24) is 0 Å². The van der Waals surface area contributed by atoms with Gasteiger partial charge < -0.3 is 10.5 Å². The summed E-state index contributed by atoms with van der Waals surface area (Å²) in [4.78, 5) is 0. The molecule has 0 aromatic heterocycles. The number of hydrogen-bond acceptors (Lipinski definition) is 2. The number of nitrogens with two attached hydrogens (primary N) is 1. The molecule has 0 saturated heterocycles. The summed E-state index contributed by atoms with van der Waals surface area (Å²) in [5.74, 6) is 6.87. The van der Waals surface area contributed by atoms with Gasteiger partial charge in [0, 0.05) is 5.56 Å². The van der Waals surface area contributed by atoms with Crippen LogP contribution in [0.4, 0.5) is 0 Å². The molecule has 0 atom stereocenters. The van der Waals surface area contributed by atoms with Gasteiger partial charge in [-0.1, -0.05) is 30.0 Å². The van der Waals surface area contributed by atoms with Gasteiger partial charge >= 0.3 is 0 Å². The highest BCUT2D eigenvalue weighted by atomic mass is 16.5. The Morgan fingerprint density at radius 2 is 1.95 bits per heavy atom. The minimum absolute atomic E-state index is 0.385. The van der Waals surface area contributed by atoms with E-state index in [0.717, 1.165) is 16.9 Å². The number of benzene rings is 2. The Morgan fingerprint density at radius 1 is 1.05 bits per heavy atom. The van der Waals surface area contributed by atoms with E-state index in [4.69, 9.17) is 10.5 Å². The van der Waals surface area contributed by atoms with Gasteiger partial charge in [-0.05, 0) is 60.2 Å². The van der Waals surface area contributed by atoms with Crippen LogP contribution in [0.3, 0.4) is 0 Å². The van der Waals surface area contributed by atoms with E-state index in [1.165, 1.54) is 30.4 Å². The summed E-state index contributed by atoms with van der Waals surface area (Å²) in [7, 11) is 0. The first kappa shape index (κ1) is 13.7. The lowest BCUT2D eigenvalue weighted by Gasteiger charge is -2.08. The first-order valence-corrected chi connectivity index (χ1v) is 7.37. The molecule has 0 aliphatic heterocycles. The van der Waals surface area contributed by atoms with Gasteiger partial charge in [-0.3, -0.25) is 0 Å². The zero-order chi connectivity index (χ0) is 14.5. The quantitative estimate of drug-likeness (QED) is 0.875. The Balaban J connectivity index is 1.67. The predicted octanol–water partition coefficient (Wildman–Crippen LogP) is 3.06. The smallest absolute Gasteiger partial charge is 0.120 e. The van der Waals surface area contributed by atoms with Gasteiger partial charge in [0.1, 0.15) is 12.4 Å². The van der Waals surface area contributed by atoms with Crippen LogP contribution < -0.4 is 10.5 Å². The maximum Gasteiger partial charge on any atom is 0.120 e. The van der Waals surface area contributed by atoms with Crippen molar-refractivity contribution in [2.24, 2.45) is 5.73 Å². The van der Waals surface area contributed by atoms with Crippen LogP contribution in [0, 0.1) is 11.8 Å². The number of hydrogen-bond donors (Lipinski definition) is 1. The maximum absolute atomic E-state index is 5.90. The van der Waals surface area contributed by atoms with E-state index in [9.17, 15) is 0 Å². The second kappa shape index (κ2) is 6.47. The van der Waals surface area contributed by atoms with Gasteiger partial charge in [-0.25, -0.2) is 0 Å². The third-order valence-electron chi connectivity index (χ3n) is 3.74. The normalized spacial score (nSPS) is 12.4. The number of rotatable bonds is 3. The highest BCUT2D eigenvalue weighted by Gasteiger charge is 2.11. The zero-order valence-electron chi connectivity index (χ0n) is 12.1. The minimum Gasteiger partial charge on any atom is -0.489 e. The molecule has 21 heavy (non-hydrogen) atoms. The standard InChI is InChI=1S/C19H19NO/c20-11-3-6-15-4-1-5-16(12-15)14-21-19-10-9-17-7-2-8-18(17)13-19/h1,4-5,9-10,12-13H,2,7-8,11,14,20H2. The summed E-state index contributed by atoms with van der Waals surface area (Å²) in [5, 5.41) is 0. The van der Waals surface area contributed by atoms with Crippen LogP contribution in [0.15, 0.2) is 42.5 Å². The Hall–Kier alpha value is -2.24. The van der Waals surface area contributed by atoms with Gasteiger partial charge in [0.25, 0.3) is 0 Å². The fourth-order valence-electron chi connectivity index (χ4n) is 2.70. The fraction of sp³-hybridized carbons (Fsp3) is 0.263. The molecule has 0 saturated carbocycles. The maximum atomic E-state index is 5.90. The van der Waals surface area contributed by atoms with E-state index >= 15 is 0 Å². The molecule has 0 spiro atoms. The van der Waals surface area contributed by atoms with Crippen molar-refractivity contribution < 1.29 is 4.74 Å². The number of fused-ring (bicyclic) bond motifs is 1. The fourth-order valence-corrected chi connectivity index (χ4v) is 2.70. The average Bonchev–Trinajstić information content (AvgIpc) is 2.99. The first-order valence-electron chi connectivity index (χ1n) is 7.37. The molecule has 3 rings (SSSR count). The SMILES string of the molecule is NCC#Cc1cccc(COc2ccc3c(c2)CCC3)c1. The van der Waals surface area contributed by atoms with E-state index in [1.54, 1.807) is 0 Å². The largest absolute Gasteiger partial charge is 0.489 e. The summed E-state index contributed by atoms with van der Waals surface area (Å²) in [6, 6.07) is 14.5. The lowest BCUT2D eigenvalue weighted by Crippen LogP contribution is -1.97. The molecule has 106 valence electrons. The van der Waals surface area contributed by atoms with Crippen molar-refractivity contribution in [2.75, 3.05) is 6.54 Å². The molecule has 0 fully saturated rings. The van der Waals surface area contributed by atoms with Gasteiger partial charge in [0.15, 0.2) is 0 Å². The first-order chi connectivity index (χ1) is 10.3. The van der Waals surface area contributed by atoms with Crippen LogP contribution in [-0.2, 0) is 19.4 Å². The van der Waals surface area contributed by atoms with Crippen molar-refractivity contribution in [2.45, 2.75) is 25.9 Å². The molecule has 2 heteroatoms. The van der Waals surface area contributed by atoms with E-state index in [2.05, 4.69) is 42.2 Å². The molecule has 0 unspecified atom stereocenters. The van der Waals surface area contributed by atoms with Gasteiger partial charge in [0.2, 0.25) is 0 Å². The Bertz CT molecular complexity index is 694. The predicted molar refractivity (Wildman–Crippen MR) is 85.2 cm³/mol. The van der Waals surface area contributed by atoms with Crippen molar-refractivity contribution in [1.29, 1.82) is 0 Å². The average molecular weight is 277 g/mol. The molecule has 2 aromatic rings. The number of aryl methyl sites for hydroxylation is 2. The molecule has 0 bridgehead atoms. The van der Waals surface area contributed by atoms with E-state index in [0.29, 0.717) is 13.2 Å². The topological polar surface area (TPSA) is 35.2 Å². The summed E-state index contributed by atoms with van der Waals surface area (Å²) < 4.78 is 5.90. The Kier molecular flexibility index (Phi) is 4.23. The van der Waals surface area contributed by atoms with Gasteiger partial charge in [-0.2, -0.15) is 0 Å². The van der Waals surface area contributed by atoms with Crippen LogP contribution in [-0.4, -0.2) is 6.54 Å². The lowest BCUT2D eigenvalue weighted by atomic mass is 10.1. The third-order valence-corrected chi connectivity index (χ3v) is 3.74. The van der Waals surface area contributed by atoms with Gasteiger partial charge in [0.05, 0.1) is 6.54 Å². The lowest BCUT2D eigenvalue weighted by molar-refractivity contribution is 0.306. The van der Waals surface area contributed by atoms with Crippen molar-refractivity contribution in [3.8, 4) is 17.6 Å². The Morgan fingerprint density at radius 3 is 2.86 bits per heavy atom. The van der Waals surface area contributed by atoms with Crippen molar-refractivity contribution in [3.05, 3.63) is 64.7 Å². The molecular weight excluding hydrogens is 258 g/mol. The minimum atomic E-state index is 0.385. The van der Waals surface area contributed by atoms with Gasteiger partial charge in [-0.15, -0.1) is 0 Å². The summed E-state index contributed by atoms with van der Waals surface area (Å²) in [6.07, 6.45) is 3.65. The van der Waals surface area contributed by atoms with Crippen LogP contribution in [0.5, 0.6) is 5.75 Å². The molecule has 2 aromatic carbocycles. The van der Waals surface area contributed by atoms with E-state index in [-0.39, 0.29) is 0 Å². The van der Waals surface area contributed by atoms with Crippen LogP contribution >= 0.6 is 0 Å². The molecule has 1 aliphatic rings. The van der Waals surface area contributed by atoms with Crippen molar-refractivity contribution >= 4 is 0 Å². The van der Waals surface area contributed by atoms with Crippen LogP contribution in [0.25, 0.3) is 0 Å². The second-order valence-corrected chi connectivity index (χ2v) is 5.28. The number of ether oxygens (including phenoxy) is 1. The summed E-state index contributed by atoms with van der Waals surface area (Å²) >= 11 is 0. The highest BCUT2D eigenvalue weighted by molar-refractivity contribution is 5.39. The molecule has 0 radical (unpaired) electrons. The molecule has 2 nitrogen and oxygen atoms in total. The molecule has 0 amide bonds. The van der Waals surface area contributed by atoms with E-state index < -0.39 is 0 Å². The summed E-state index contributed by atoms with van der Waals surface area (Å²) in [5.41, 5.74) is 10.4. The highest BCUT2D eigenvalue weighted by Crippen LogP contribution is 2.26. The van der Waals surface area contributed by atoms with E-state index in [1.807, 2.05) is 12.1 Å². The third kappa shape index (κ3) is 3.45. The molecular formula is C19H19NO. The zero-order valence-corrected chi connectivity index (χ0v) is 12.1.